The third kappa shape index (κ3) is 4.80. The maximum Gasteiger partial charge on any atom is 0.0725 e. The second kappa shape index (κ2) is 13.6. The quantitative estimate of drug-likeness (QED) is 0.157. The number of rotatable bonds is 3. The summed E-state index contributed by atoms with van der Waals surface area (Å²) >= 11 is 0. The molecule has 0 aliphatic heterocycles. The summed E-state index contributed by atoms with van der Waals surface area (Å²) in [4.78, 5) is 0. The Balaban J connectivity index is 0.903. The summed E-state index contributed by atoms with van der Waals surface area (Å²) in [6.07, 6.45) is 0. The van der Waals surface area contributed by atoms with Crippen molar-refractivity contribution < 1.29 is 0 Å². The lowest BCUT2D eigenvalue weighted by atomic mass is 9.70. The van der Waals surface area contributed by atoms with Gasteiger partial charge in [0.25, 0.3) is 0 Å². The number of benzene rings is 12. The Morgan fingerprint density at radius 3 is 1.22 bits per heavy atom. The lowest BCUT2D eigenvalue weighted by Crippen LogP contribution is -2.25. The third-order valence-electron chi connectivity index (χ3n) is 15.9. The normalized spacial score (nSPS) is 13.3. The van der Waals surface area contributed by atoms with Crippen molar-refractivity contribution >= 4 is 75.9 Å². The molecule has 69 heavy (non-hydrogen) atoms. The van der Waals surface area contributed by atoms with E-state index < -0.39 is 5.41 Å². The maximum absolute atomic E-state index is 2.57. The highest BCUT2D eigenvalue weighted by atomic mass is 15.0. The molecule has 12 aromatic carbocycles. The first-order valence-corrected chi connectivity index (χ1v) is 24.1. The van der Waals surface area contributed by atoms with Crippen molar-refractivity contribution in [3.05, 3.63) is 265 Å². The zero-order valence-corrected chi connectivity index (χ0v) is 37.5. The van der Waals surface area contributed by atoms with Crippen LogP contribution in [0.15, 0.2) is 243 Å². The third-order valence-corrected chi connectivity index (χ3v) is 15.9. The molecular formula is C67H40N2. The van der Waals surface area contributed by atoms with E-state index in [1.807, 2.05) is 0 Å². The van der Waals surface area contributed by atoms with E-state index in [0.29, 0.717) is 0 Å². The van der Waals surface area contributed by atoms with Gasteiger partial charge in [-0.25, -0.2) is 0 Å². The molecule has 318 valence electrons. The highest BCUT2D eigenvalue weighted by Gasteiger charge is 2.51. The first kappa shape index (κ1) is 37.1. The van der Waals surface area contributed by atoms with Crippen LogP contribution in [-0.4, -0.2) is 9.13 Å². The first-order chi connectivity index (χ1) is 34.2. The molecular weight excluding hydrogens is 833 g/mol. The Hall–Kier alpha value is -8.98. The minimum atomic E-state index is -0.403. The molecule has 0 radical (unpaired) electrons. The molecule has 2 heterocycles. The predicted molar refractivity (Wildman–Crippen MR) is 289 cm³/mol. The van der Waals surface area contributed by atoms with E-state index in [2.05, 4.69) is 252 Å². The number of hydrogen-bond acceptors (Lipinski definition) is 0. The fraction of sp³-hybridized carbons (Fsp3) is 0.0149. The van der Waals surface area contributed by atoms with E-state index in [-0.39, 0.29) is 0 Å². The van der Waals surface area contributed by atoms with E-state index in [1.54, 1.807) is 0 Å². The van der Waals surface area contributed by atoms with Crippen molar-refractivity contribution in [3.8, 4) is 44.8 Å². The lowest BCUT2D eigenvalue weighted by molar-refractivity contribution is 0.795. The highest BCUT2D eigenvalue weighted by molar-refractivity contribution is 6.27. The van der Waals surface area contributed by atoms with Gasteiger partial charge in [-0.3, -0.25) is 0 Å². The minimum absolute atomic E-state index is 0.403. The number of aromatic nitrogens is 2. The monoisotopic (exact) mass is 872 g/mol. The van der Waals surface area contributed by atoms with Crippen LogP contribution in [-0.2, 0) is 5.41 Å². The van der Waals surface area contributed by atoms with Gasteiger partial charge in [0.15, 0.2) is 0 Å². The van der Waals surface area contributed by atoms with E-state index in [9.17, 15) is 0 Å². The van der Waals surface area contributed by atoms with Crippen molar-refractivity contribution in [2.24, 2.45) is 0 Å². The first-order valence-electron chi connectivity index (χ1n) is 24.1. The van der Waals surface area contributed by atoms with Crippen LogP contribution in [0.4, 0.5) is 0 Å². The van der Waals surface area contributed by atoms with Crippen LogP contribution in [0.5, 0.6) is 0 Å². The number of fused-ring (bicyclic) bond motifs is 22. The van der Waals surface area contributed by atoms with E-state index in [1.165, 1.54) is 137 Å². The molecule has 2 nitrogen and oxygen atoms in total. The lowest BCUT2D eigenvalue weighted by Gasteiger charge is -2.30. The molecule has 16 rings (SSSR count). The molecule has 0 fully saturated rings. The largest absolute Gasteiger partial charge is 0.309 e. The molecule has 0 unspecified atom stereocenters. The molecule has 0 saturated carbocycles. The zero-order valence-electron chi connectivity index (χ0n) is 37.5. The molecule has 0 N–H and O–H groups in total. The molecule has 0 bridgehead atoms. The maximum atomic E-state index is 2.57. The van der Waals surface area contributed by atoms with Crippen molar-refractivity contribution in [3.63, 3.8) is 0 Å². The Morgan fingerprint density at radius 2 is 0.638 bits per heavy atom. The topological polar surface area (TPSA) is 9.86 Å². The van der Waals surface area contributed by atoms with Crippen LogP contribution in [0.3, 0.4) is 0 Å². The Labute approximate surface area is 398 Å². The summed E-state index contributed by atoms with van der Waals surface area (Å²) in [5, 5.41) is 12.7. The number of para-hydroxylation sites is 3. The molecule has 2 heteroatoms. The molecule has 2 aromatic heterocycles. The van der Waals surface area contributed by atoms with Crippen molar-refractivity contribution in [2.75, 3.05) is 0 Å². The van der Waals surface area contributed by atoms with Gasteiger partial charge in [-0.15, -0.1) is 0 Å². The minimum Gasteiger partial charge on any atom is -0.309 e. The Bertz CT molecular complexity index is 4500. The van der Waals surface area contributed by atoms with Gasteiger partial charge in [0.05, 0.1) is 27.5 Å². The molecule has 0 atom stereocenters. The van der Waals surface area contributed by atoms with Crippen LogP contribution < -0.4 is 0 Å². The molecule has 2 aliphatic rings. The molecule has 2 aliphatic carbocycles. The average Bonchev–Trinajstić information content (AvgIpc) is 4.12. The van der Waals surface area contributed by atoms with Crippen LogP contribution in [0.1, 0.15) is 22.3 Å². The predicted octanol–water partition coefficient (Wildman–Crippen LogP) is 17.4. The van der Waals surface area contributed by atoms with Gasteiger partial charge >= 0.3 is 0 Å². The van der Waals surface area contributed by atoms with E-state index in [0.717, 1.165) is 5.69 Å². The van der Waals surface area contributed by atoms with Gasteiger partial charge in [-0.2, -0.15) is 0 Å². The molecule has 1 spiro atoms. The summed E-state index contributed by atoms with van der Waals surface area (Å²) in [5.74, 6) is 0. The van der Waals surface area contributed by atoms with E-state index >= 15 is 0 Å². The summed E-state index contributed by atoms with van der Waals surface area (Å²) in [6.45, 7) is 0. The van der Waals surface area contributed by atoms with Crippen molar-refractivity contribution in [1.82, 2.24) is 9.13 Å². The summed E-state index contributed by atoms with van der Waals surface area (Å²) in [5.41, 5.74) is 20.0. The second-order valence-electron chi connectivity index (χ2n) is 19.1. The van der Waals surface area contributed by atoms with Gasteiger partial charge in [-0.05, 0) is 161 Å². The van der Waals surface area contributed by atoms with Crippen molar-refractivity contribution in [1.29, 1.82) is 0 Å². The fourth-order valence-corrected chi connectivity index (χ4v) is 13.1. The molecule has 0 saturated heterocycles. The average molecular weight is 873 g/mol. The van der Waals surface area contributed by atoms with Gasteiger partial charge < -0.3 is 9.13 Å². The molecule has 0 amide bonds. The van der Waals surface area contributed by atoms with Crippen LogP contribution in [0, 0.1) is 0 Å². The van der Waals surface area contributed by atoms with Gasteiger partial charge in [0.2, 0.25) is 0 Å². The van der Waals surface area contributed by atoms with Crippen LogP contribution in [0.2, 0.25) is 0 Å². The SMILES string of the molecule is c1ccc(-n2c3ccccc3c3cc(-c4ccc5c(c4)c4ccccc4n5-c4ccc5c(c4)c4ccccc4c4cc6c(cc54)C4(c5ccccc5-c5ccccc54)c4ccccc4-6)ccc32)cc1. The summed E-state index contributed by atoms with van der Waals surface area (Å²) in [7, 11) is 0. The molecule has 14 aromatic rings. The van der Waals surface area contributed by atoms with Gasteiger partial charge in [0, 0.05) is 32.9 Å². The Kier molecular flexibility index (Phi) is 7.30. The summed E-state index contributed by atoms with van der Waals surface area (Å²) < 4.78 is 4.86. The fourth-order valence-electron chi connectivity index (χ4n) is 13.1. The smallest absolute Gasteiger partial charge is 0.0725 e. The Morgan fingerprint density at radius 1 is 0.217 bits per heavy atom. The van der Waals surface area contributed by atoms with Crippen LogP contribution in [0.25, 0.3) is 121 Å². The van der Waals surface area contributed by atoms with E-state index in [4.69, 9.17) is 0 Å². The van der Waals surface area contributed by atoms with Gasteiger partial charge in [0.1, 0.15) is 0 Å². The van der Waals surface area contributed by atoms with Crippen LogP contribution >= 0.6 is 0 Å². The highest BCUT2D eigenvalue weighted by Crippen LogP contribution is 2.63. The standard InChI is InChI=1S/C67H40N2/c1-2-16-43(17-3-1)68-63-28-14-9-23-51(63)57-36-41(30-34-65(57)68)42-31-35-66-58(37-42)52-24-10-15-29-64(52)69(66)44-32-33-47-53(38-44)45-18-4-5-19-46(45)54-39-56-50-22-8-13-27-61(50)67(62(56)40-55(47)54)59-25-11-6-20-48(59)49-21-7-12-26-60(49)67/h1-40H. The second-order valence-corrected chi connectivity index (χ2v) is 19.1. The van der Waals surface area contributed by atoms with Gasteiger partial charge in [-0.1, -0.05) is 170 Å². The summed E-state index contributed by atoms with van der Waals surface area (Å²) in [6, 6.07) is 91.1. The number of hydrogen-bond donors (Lipinski definition) is 0. The van der Waals surface area contributed by atoms with Crippen molar-refractivity contribution in [2.45, 2.75) is 5.41 Å². The number of nitrogens with zero attached hydrogens (tertiary/aromatic N) is 2. The zero-order chi connectivity index (χ0) is 45.0.